The molecular formula is C26H25ClN2O6. The molecule has 182 valence electrons. The number of hydrogen-bond donors (Lipinski definition) is 0. The molecule has 2 aliphatic rings. The number of halogens is 1. The molecule has 0 unspecified atom stereocenters. The number of benzene rings is 2. The number of piperidine rings is 1. The Morgan fingerprint density at radius 1 is 1.00 bits per heavy atom. The van der Waals surface area contributed by atoms with Gasteiger partial charge in [-0.3, -0.25) is 14.5 Å². The average molecular weight is 497 g/mol. The van der Waals surface area contributed by atoms with E-state index in [4.69, 9.17) is 21.1 Å². The van der Waals surface area contributed by atoms with E-state index in [0.29, 0.717) is 29.0 Å². The molecule has 2 heterocycles. The zero-order chi connectivity index (χ0) is 25.2. The summed E-state index contributed by atoms with van der Waals surface area (Å²) in [6.45, 7) is 0.222. The number of ether oxygens (including phenoxy) is 2. The van der Waals surface area contributed by atoms with Gasteiger partial charge >= 0.3 is 17.8 Å². The molecule has 0 N–H and O–H groups in total. The van der Waals surface area contributed by atoms with Crippen LogP contribution in [-0.4, -0.2) is 55.1 Å². The molecule has 4 rings (SSSR count). The summed E-state index contributed by atoms with van der Waals surface area (Å²) in [6, 6.07) is 11.7. The summed E-state index contributed by atoms with van der Waals surface area (Å²) < 4.78 is 11.0. The number of amides is 1. The smallest absolute Gasteiger partial charge is 0.345 e. The molecule has 0 atom stereocenters. The van der Waals surface area contributed by atoms with E-state index in [2.05, 4.69) is 0 Å². The van der Waals surface area contributed by atoms with E-state index in [1.165, 1.54) is 4.90 Å². The second-order valence-electron chi connectivity index (χ2n) is 8.64. The molecule has 0 radical (unpaired) electrons. The van der Waals surface area contributed by atoms with E-state index in [1.54, 1.807) is 42.5 Å². The Hall–Kier alpha value is -3.65. The van der Waals surface area contributed by atoms with Gasteiger partial charge in [0.25, 0.3) is 5.91 Å². The van der Waals surface area contributed by atoms with E-state index < -0.39 is 23.8 Å². The monoisotopic (exact) mass is 496 g/mol. The highest BCUT2D eigenvalue weighted by molar-refractivity contribution is 6.30. The first-order chi connectivity index (χ1) is 16.7. The molecule has 0 saturated carbocycles. The number of carbonyl (C=O) groups is 4. The molecule has 2 aliphatic heterocycles. The van der Waals surface area contributed by atoms with Crippen LogP contribution >= 0.6 is 11.6 Å². The molecule has 1 fully saturated rings. The van der Waals surface area contributed by atoms with Crippen molar-refractivity contribution in [2.24, 2.45) is 0 Å². The first kappa shape index (κ1) is 24.5. The van der Waals surface area contributed by atoms with Crippen molar-refractivity contribution in [2.45, 2.75) is 31.6 Å². The van der Waals surface area contributed by atoms with Crippen LogP contribution in [0.15, 0.2) is 54.6 Å². The van der Waals surface area contributed by atoms with Crippen molar-refractivity contribution in [1.29, 1.82) is 0 Å². The Morgan fingerprint density at radius 2 is 1.66 bits per heavy atom. The second kappa shape index (κ2) is 9.92. The number of likely N-dealkylation sites (tertiary alicyclic amines) is 1. The molecule has 0 aliphatic carbocycles. The van der Waals surface area contributed by atoms with Crippen molar-refractivity contribution in [3.63, 3.8) is 0 Å². The van der Waals surface area contributed by atoms with E-state index in [-0.39, 0.29) is 30.7 Å². The van der Waals surface area contributed by atoms with Gasteiger partial charge in [-0.05, 0) is 60.9 Å². The van der Waals surface area contributed by atoms with Crippen LogP contribution in [0.25, 0.3) is 0 Å². The highest BCUT2D eigenvalue weighted by Gasteiger charge is 2.50. The average Bonchev–Trinajstić information content (AvgIpc) is 2.96. The Labute approximate surface area is 208 Å². The maximum Gasteiger partial charge on any atom is 0.345 e. The van der Waals surface area contributed by atoms with Crippen molar-refractivity contribution >= 4 is 40.9 Å². The maximum atomic E-state index is 13.8. The largest absolute Gasteiger partial charge is 0.400 e. The fourth-order valence-electron chi connectivity index (χ4n) is 4.20. The lowest BCUT2D eigenvalue weighted by atomic mass is 9.96. The Kier molecular flexibility index (Phi) is 6.93. The third-order valence-electron chi connectivity index (χ3n) is 6.01. The lowest BCUT2D eigenvalue weighted by Gasteiger charge is -2.43. The van der Waals surface area contributed by atoms with Crippen LogP contribution in [0.1, 0.15) is 45.5 Å². The number of ketones is 1. The minimum absolute atomic E-state index is 0.0354. The predicted molar refractivity (Wildman–Crippen MR) is 129 cm³/mol. The molecule has 1 amide bonds. The summed E-state index contributed by atoms with van der Waals surface area (Å²) >= 11 is 5.94. The highest BCUT2D eigenvalue weighted by atomic mass is 35.5. The molecule has 2 aromatic rings. The van der Waals surface area contributed by atoms with Gasteiger partial charge in [0.2, 0.25) is 0 Å². The van der Waals surface area contributed by atoms with Gasteiger partial charge in [-0.1, -0.05) is 11.6 Å². The summed E-state index contributed by atoms with van der Waals surface area (Å²) in [7, 11) is 3.72. The van der Waals surface area contributed by atoms with Crippen LogP contribution in [0.5, 0.6) is 0 Å². The number of carbonyl (C=O) groups excluding carboxylic acids is 4. The highest BCUT2D eigenvalue weighted by Crippen LogP contribution is 2.35. The van der Waals surface area contributed by atoms with Gasteiger partial charge in [0, 0.05) is 67.5 Å². The molecule has 0 aromatic heterocycles. The van der Waals surface area contributed by atoms with Crippen molar-refractivity contribution in [3.05, 3.63) is 76.3 Å². The number of nitrogens with zero attached hydrogens (tertiary/aromatic N) is 2. The third-order valence-corrected chi connectivity index (χ3v) is 6.26. The van der Waals surface area contributed by atoms with Crippen LogP contribution in [0.2, 0.25) is 5.02 Å². The normalized spacial score (nSPS) is 16.9. The van der Waals surface area contributed by atoms with E-state index >= 15 is 0 Å². The van der Waals surface area contributed by atoms with Gasteiger partial charge < -0.3 is 14.4 Å². The molecule has 8 nitrogen and oxygen atoms in total. The summed E-state index contributed by atoms with van der Waals surface area (Å²) in [5, 5.41) is 0.518. The Bertz CT molecular complexity index is 1180. The Balaban J connectivity index is 1.71. The van der Waals surface area contributed by atoms with E-state index in [1.807, 2.05) is 19.0 Å². The van der Waals surface area contributed by atoms with Gasteiger partial charge in [-0.2, -0.15) is 0 Å². The van der Waals surface area contributed by atoms with Crippen LogP contribution < -0.4 is 4.90 Å². The van der Waals surface area contributed by atoms with Gasteiger partial charge in [0.1, 0.15) is 0 Å². The minimum atomic E-state index is -1.83. The summed E-state index contributed by atoms with van der Waals surface area (Å²) in [5.41, 5.74) is 2.05. The lowest BCUT2D eigenvalue weighted by Crippen LogP contribution is -2.59. The SMILES string of the molecule is CN(C)c1ccc(C(=O)N2CCCCC23OC(=O)C=CC(=O)O3)c(CC(=O)c2ccc(Cl)cc2)c1. The van der Waals surface area contributed by atoms with Crippen LogP contribution in [0.3, 0.4) is 0 Å². The van der Waals surface area contributed by atoms with E-state index in [9.17, 15) is 19.2 Å². The standard InChI is InChI=1S/C26H25ClN2O6/c1-28(2)20-9-10-21(18(15-20)16-22(30)17-5-7-19(27)8-6-17)25(33)29-14-4-3-13-26(29)34-23(31)11-12-24(32)35-26/h5-12,15H,3-4,13-14,16H2,1-2H3. The van der Waals surface area contributed by atoms with E-state index in [0.717, 1.165) is 17.8 Å². The van der Waals surface area contributed by atoms with Crippen molar-refractivity contribution in [3.8, 4) is 0 Å². The minimum Gasteiger partial charge on any atom is -0.400 e. The van der Waals surface area contributed by atoms with Crippen LogP contribution in [0, 0.1) is 0 Å². The summed E-state index contributed by atoms with van der Waals surface area (Å²) in [6.07, 6.45) is 3.34. The fraction of sp³-hybridized carbons (Fsp3) is 0.308. The summed E-state index contributed by atoms with van der Waals surface area (Å²) in [4.78, 5) is 54.4. The molecule has 1 saturated heterocycles. The molecule has 2 aromatic carbocycles. The zero-order valence-corrected chi connectivity index (χ0v) is 20.2. The zero-order valence-electron chi connectivity index (χ0n) is 19.5. The van der Waals surface area contributed by atoms with Gasteiger partial charge in [0.05, 0.1) is 0 Å². The van der Waals surface area contributed by atoms with Crippen LogP contribution in [0.4, 0.5) is 5.69 Å². The van der Waals surface area contributed by atoms with Crippen molar-refractivity contribution < 1.29 is 28.7 Å². The maximum absolute atomic E-state index is 13.8. The molecule has 9 heteroatoms. The molecule has 35 heavy (non-hydrogen) atoms. The summed E-state index contributed by atoms with van der Waals surface area (Å²) in [5.74, 6) is -4.04. The predicted octanol–water partition coefficient (Wildman–Crippen LogP) is 3.77. The topological polar surface area (TPSA) is 93.2 Å². The number of hydrogen-bond acceptors (Lipinski definition) is 7. The van der Waals surface area contributed by atoms with Gasteiger partial charge in [-0.25, -0.2) is 9.59 Å². The first-order valence-electron chi connectivity index (χ1n) is 11.2. The number of esters is 2. The number of Topliss-reactive ketones (excluding diaryl/α,β-unsaturated/α-hetero) is 1. The second-order valence-corrected chi connectivity index (χ2v) is 9.08. The molecule has 1 spiro atoms. The molecular weight excluding hydrogens is 472 g/mol. The van der Waals surface area contributed by atoms with Gasteiger partial charge in [-0.15, -0.1) is 0 Å². The first-order valence-corrected chi connectivity index (χ1v) is 11.6. The van der Waals surface area contributed by atoms with Crippen LogP contribution in [-0.2, 0) is 25.5 Å². The number of anilines is 1. The van der Waals surface area contributed by atoms with Gasteiger partial charge in [0.15, 0.2) is 5.78 Å². The molecule has 0 bridgehead atoms. The quantitative estimate of drug-likeness (QED) is 0.459. The third kappa shape index (κ3) is 5.22. The van der Waals surface area contributed by atoms with Crippen molar-refractivity contribution in [1.82, 2.24) is 4.90 Å². The lowest BCUT2D eigenvalue weighted by molar-refractivity contribution is -0.279. The fourth-order valence-corrected chi connectivity index (χ4v) is 4.33. The van der Waals surface area contributed by atoms with Crippen molar-refractivity contribution in [2.75, 3.05) is 25.5 Å². The number of rotatable bonds is 5. The Morgan fingerprint density at radius 3 is 2.29 bits per heavy atom.